The SMILES string of the molecule is Cc1ccc(-c2nc(C(N)=O)c3c(n2)N(c2ccccc2C)C(=O)C3)cc1. The Kier molecular flexibility index (Phi) is 3.96. The molecular formula is C21H18N4O2. The molecule has 2 heterocycles. The van der Waals surface area contributed by atoms with Crippen molar-refractivity contribution < 1.29 is 9.59 Å². The van der Waals surface area contributed by atoms with E-state index in [1.54, 1.807) is 4.90 Å². The highest BCUT2D eigenvalue weighted by Crippen LogP contribution is 2.37. The van der Waals surface area contributed by atoms with Gasteiger partial charge in [-0.05, 0) is 25.5 Å². The van der Waals surface area contributed by atoms with Crippen LogP contribution in [-0.2, 0) is 11.2 Å². The summed E-state index contributed by atoms with van der Waals surface area (Å²) in [6.45, 7) is 3.92. The Morgan fingerprint density at radius 3 is 2.41 bits per heavy atom. The lowest BCUT2D eigenvalue weighted by molar-refractivity contribution is -0.116. The number of nitrogens with two attached hydrogens (primary N) is 1. The smallest absolute Gasteiger partial charge is 0.267 e. The average Bonchev–Trinajstić information content (AvgIpc) is 2.97. The monoisotopic (exact) mass is 358 g/mol. The van der Waals surface area contributed by atoms with Crippen molar-refractivity contribution in [1.82, 2.24) is 9.97 Å². The zero-order valence-electron chi connectivity index (χ0n) is 15.1. The predicted molar refractivity (Wildman–Crippen MR) is 103 cm³/mol. The van der Waals surface area contributed by atoms with Crippen molar-refractivity contribution in [3.8, 4) is 11.4 Å². The minimum atomic E-state index is -0.665. The van der Waals surface area contributed by atoms with Gasteiger partial charge in [0.25, 0.3) is 5.91 Å². The predicted octanol–water partition coefficient (Wildman–Crippen LogP) is 3.08. The molecule has 0 spiro atoms. The molecule has 1 aliphatic heterocycles. The summed E-state index contributed by atoms with van der Waals surface area (Å²) in [6, 6.07) is 15.2. The van der Waals surface area contributed by atoms with Gasteiger partial charge in [0, 0.05) is 11.1 Å². The van der Waals surface area contributed by atoms with E-state index in [2.05, 4.69) is 9.97 Å². The lowest BCUT2D eigenvalue weighted by atomic mass is 10.1. The van der Waals surface area contributed by atoms with Gasteiger partial charge in [0.2, 0.25) is 5.91 Å². The second-order valence-corrected chi connectivity index (χ2v) is 6.62. The molecule has 134 valence electrons. The van der Waals surface area contributed by atoms with E-state index in [9.17, 15) is 9.59 Å². The Bertz CT molecular complexity index is 1070. The molecule has 6 nitrogen and oxygen atoms in total. The summed E-state index contributed by atoms with van der Waals surface area (Å²) < 4.78 is 0. The number of aryl methyl sites for hydroxylation is 2. The number of rotatable bonds is 3. The van der Waals surface area contributed by atoms with Crippen LogP contribution >= 0.6 is 0 Å². The molecule has 0 aliphatic carbocycles. The molecule has 2 amide bonds. The molecule has 1 aromatic heterocycles. The van der Waals surface area contributed by atoms with Gasteiger partial charge < -0.3 is 5.73 Å². The first-order chi connectivity index (χ1) is 13.0. The van der Waals surface area contributed by atoms with E-state index in [0.717, 1.165) is 22.4 Å². The summed E-state index contributed by atoms with van der Waals surface area (Å²) in [4.78, 5) is 35.3. The number of nitrogens with zero attached hydrogens (tertiary/aromatic N) is 3. The fourth-order valence-electron chi connectivity index (χ4n) is 3.27. The van der Waals surface area contributed by atoms with Crippen LogP contribution in [0.2, 0.25) is 0 Å². The zero-order valence-corrected chi connectivity index (χ0v) is 15.1. The maximum Gasteiger partial charge on any atom is 0.267 e. The molecule has 3 aromatic rings. The number of para-hydroxylation sites is 1. The van der Waals surface area contributed by atoms with Crippen molar-refractivity contribution in [3.63, 3.8) is 0 Å². The summed E-state index contributed by atoms with van der Waals surface area (Å²) >= 11 is 0. The van der Waals surface area contributed by atoms with Crippen LogP contribution in [0.4, 0.5) is 11.5 Å². The van der Waals surface area contributed by atoms with Crippen LogP contribution in [0.25, 0.3) is 11.4 Å². The van der Waals surface area contributed by atoms with Gasteiger partial charge >= 0.3 is 0 Å². The Balaban J connectivity index is 1.94. The van der Waals surface area contributed by atoms with Gasteiger partial charge in [0.05, 0.1) is 12.1 Å². The molecule has 0 fully saturated rings. The number of carbonyl (C=O) groups is 2. The van der Waals surface area contributed by atoms with Crippen molar-refractivity contribution >= 4 is 23.3 Å². The average molecular weight is 358 g/mol. The van der Waals surface area contributed by atoms with Gasteiger partial charge in [-0.3, -0.25) is 14.5 Å². The van der Waals surface area contributed by atoms with Crippen molar-refractivity contribution in [2.24, 2.45) is 5.73 Å². The lowest BCUT2D eigenvalue weighted by Crippen LogP contribution is -2.22. The van der Waals surface area contributed by atoms with Crippen molar-refractivity contribution in [3.05, 3.63) is 70.9 Å². The van der Waals surface area contributed by atoms with E-state index >= 15 is 0 Å². The number of carbonyl (C=O) groups excluding carboxylic acids is 2. The molecule has 0 saturated heterocycles. The summed E-state index contributed by atoms with van der Waals surface area (Å²) in [5.74, 6) is -0.0249. The van der Waals surface area contributed by atoms with E-state index < -0.39 is 5.91 Å². The summed E-state index contributed by atoms with van der Waals surface area (Å²) in [5.41, 5.74) is 9.68. The van der Waals surface area contributed by atoms with Crippen LogP contribution in [0.15, 0.2) is 48.5 Å². The van der Waals surface area contributed by atoms with Gasteiger partial charge in [-0.2, -0.15) is 0 Å². The van der Waals surface area contributed by atoms with Crippen LogP contribution in [0.5, 0.6) is 0 Å². The first-order valence-electron chi connectivity index (χ1n) is 8.62. The number of fused-ring (bicyclic) bond motifs is 1. The second-order valence-electron chi connectivity index (χ2n) is 6.62. The molecule has 0 radical (unpaired) electrons. The Morgan fingerprint density at radius 2 is 1.74 bits per heavy atom. The first kappa shape index (κ1) is 16.9. The van der Waals surface area contributed by atoms with Crippen LogP contribution in [0.1, 0.15) is 27.2 Å². The number of primary amides is 1. The Morgan fingerprint density at radius 1 is 1.04 bits per heavy atom. The number of aromatic nitrogens is 2. The summed E-state index contributed by atoms with van der Waals surface area (Å²) in [7, 11) is 0. The number of amides is 2. The molecule has 2 N–H and O–H groups in total. The molecule has 2 aromatic carbocycles. The third kappa shape index (κ3) is 2.85. The number of benzene rings is 2. The highest BCUT2D eigenvalue weighted by Gasteiger charge is 2.35. The fraction of sp³-hybridized carbons (Fsp3) is 0.143. The van der Waals surface area contributed by atoms with E-state index in [1.807, 2.05) is 62.4 Å². The van der Waals surface area contributed by atoms with E-state index in [0.29, 0.717) is 17.2 Å². The minimum absolute atomic E-state index is 0.0517. The van der Waals surface area contributed by atoms with Gasteiger partial charge in [-0.15, -0.1) is 0 Å². The molecule has 0 atom stereocenters. The standard InChI is InChI=1S/C21H18N4O2/c1-12-7-9-14(10-8-12)20-23-18(19(22)27)15-11-17(26)25(21(15)24-20)16-6-4-3-5-13(16)2/h3-10H,11H2,1-2H3,(H2,22,27). The minimum Gasteiger partial charge on any atom is -0.364 e. The number of hydrogen-bond acceptors (Lipinski definition) is 4. The van der Waals surface area contributed by atoms with Crippen LogP contribution in [0, 0.1) is 13.8 Å². The first-order valence-corrected chi connectivity index (χ1v) is 8.62. The van der Waals surface area contributed by atoms with E-state index in [-0.39, 0.29) is 18.0 Å². The largest absolute Gasteiger partial charge is 0.364 e. The molecule has 0 bridgehead atoms. The third-order valence-corrected chi connectivity index (χ3v) is 4.67. The maximum absolute atomic E-state index is 12.8. The van der Waals surface area contributed by atoms with Crippen molar-refractivity contribution in [2.75, 3.05) is 4.90 Å². The van der Waals surface area contributed by atoms with E-state index in [4.69, 9.17) is 5.73 Å². The van der Waals surface area contributed by atoms with E-state index in [1.165, 1.54) is 0 Å². The molecule has 4 rings (SSSR count). The molecule has 0 saturated carbocycles. The second kappa shape index (κ2) is 6.32. The molecular weight excluding hydrogens is 340 g/mol. The number of hydrogen-bond donors (Lipinski definition) is 1. The van der Waals surface area contributed by atoms with Gasteiger partial charge in [0.1, 0.15) is 11.5 Å². The van der Waals surface area contributed by atoms with Crippen LogP contribution in [-0.4, -0.2) is 21.8 Å². The maximum atomic E-state index is 12.8. The van der Waals surface area contributed by atoms with Crippen LogP contribution in [0.3, 0.4) is 0 Å². The lowest BCUT2D eigenvalue weighted by Gasteiger charge is -2.19. The van der Waals surface area contributed by atoms with Crippen molar-refractivity contribution in [2.45, 2.75) is 20.3 Å². The normalized spacial score (nSPS) is 13.0. The molecule has 0 unspecified atom stereocenters. The third-order valence-electron chi connectivity index (χ3n) is 4.67. The highest BCUT2D eigenvalue weighted by molar-refractivity contribution is 6.09. The summed E-state index contributed by atoms with van der Waals surface area (Å²) in [6.07, 6.45) is 0.0517. The zero-order chi connectivity index (χ0) is 19.1. The Hall–Kier alpha value is -3.54. The molecule has 6 heteroatoms. The Labute approximate surface area is 156 Å². The van der Waals surface area contributed by atoms with Gasteiger partial charge in [-0.25, -0.2) is 9.97 Å². The van der Waals surface area contributed by atoms with Crippen LogP contribution < -0.4 is 10.6 Å². The quantitative estimate of drug-likeness (QED) is 0.779. The highest BCUT2D eigenvalue weighted by atomic mass is 16.2. The molecule has 27 heavy (non-hydrogen) atoms. The number of anilines is 2. The molecule has 1 aliphatic rings. The van der Waals surface area contributed by atoms with Gasteiger partial charge in [0.15, 0.2) is 5.82 Å². The fourth-order valence-corrected chi connectivity index (χ4v) is 3.27. The topological polar surface area (TPSA) is 89.2 Å². The van der Waals surface area contributed by atoms with Crippen molar-refractivity contribution in [1.29, 1.82) is 0 Å². The summed E-state index contributed by atoms with van der Waals surface area (Å²) in [5, 5.41) is 0. The van der Waals surface area contributed by atoms with Gasteiger partial charge in [-0.1, -0.05) is 48.0 Å².